The summed E-state index contributed by atoms with van der Waals surface area (Å²) in [5.41, 5.74) is 17.6. The zero-order valence-electron chi connectivity index (χ0n) is 40.7. The average Bonchev–Trinajstić information content (AvgIpc) is 3.24. The molecule has 0 atom stereocenters. The molecule has 0 bridgehead atoms. The van der Waals surface area contributed by atoms with Gasteiger partial charge in [-0.15, -0.1) is 11.1 Å². The maximum Gasteiger partial charge on any atom is 0.146 e. The van der Waals surface area contributed by atoms with E-state index in [4.69, 9.17) is 0 Å². The van der Waals surface area contributed by atoms with Gasteiger partial charge in [-0.3, -0.25) is 0 Å². The highest BCUT2D eigenvalue weighted by atomic mass is 28.3. The van der Waals surface area contributed by atoms with Crippen molar-refractivity contribution in [2.24, 2.45) is 0 Å². The summed E-state index contributed by atoms with van der Waals surface area (Å²) in [6.45, 7) is 26.2. The third-order valence-electron chi connectivity index (χ3n) is 14.0. The molecule has 2 heteroatoms. The predicted octanol–water partition coefficient (Wildman–Crippen LogP) is 18.6. The molecule has 0 nitrogen and oxygen atoms in total. The van der Waals surface area contributed by atoms with Crippen LogP contribution in [0.2, 0.25) is 36.3 Å². The molecule has 0 radical (unpaired) electrons. The molecule has 6 aromatic rings. The summed E-state index contributed by atoms with van der Waals surface area (Å²) in [6.07, 6.45) is 17.7. The van der Waals surface area contributed by atoms with E-state index >= 15 is 0 Å². The lowest BCUT2D eigenvalue weighted by atomic mass is 9.85. The standard InChI is InChI=1S/C60H78Si2/c1-12-14-16-18-20-22-30-49-51-32-24-28-47(38-40-61(9,10)11)57(51)42-59-53(49)34-26-36-55(59)56-37-27-35-54-50(31-23-21-19-17-15-13-2)52-33-25-29-48(58(52)43-60(54)56)39-41-62(44(3)4,45(5)6)46(7)8/h24-29,32-37,42-46H,12-23,30-31H2,1-11H3. The van der Waals surface area contributed by atoms with Crippen LogP contribution in [0.1, 0.15) is 155 Å². The van der Waals surface area contributed by atoms with Crippen LogP contribution in [-0.2, 0) is 12.8 Å². The normalized spacial score (nSPS) is 12.2. The molecule has 0 amide bonds. The van der Waals surface area contributed by atoms with Gasteiger partial charge in [0.25, 0.3) is 0 Å². The number of aryl methyl sites for hydroxylation is 2. The van der Waals surface area contributed by atoms with Crippen LogP contribution in [0.5, 0.6) is 0 Å². The lowest BCUT2D eigenvalue weighted by Crippen LogP contribution is -2.43. The summed E-state index contributed by atoms with van der Waals surface area (Å²) in [4.78, 5) is 0. The second kappa shape index (κ2) is 21.5. The van der Waals surface area contributed by atoms with Crippen molar-refractivity contribution >= 4 is 59.2 Å². The highest BCUT2D eigenvalue weighted by Crippen LogP contribution is 2.43. The molecule has 0 saturated carbocycles. The minimum absolute atomic E-state index is 0.594. The molecule has 0 aliphatic rings. The zero-order chi connectivity index (χ0) is 44.4. The van der Waals surface area contributed by atoms with Gasteiger partial charge in [-0.05, 0) is 132 Å². The highest BCUT2D eigenvalue weighted by Gasteiger charge is 2.41. The fourth-order valence-electron chi connectivity index (χ4n) is 10.8. The van der Waals surface area contributed by atoms with Gasteiger partial charge < -0.3 is 0 Å². The molecule has 0 fully saturated rings. The third kappa shape index (κ3) is 10.6. The monoisotopic (exact) mass is 855 g/mol. The van der Waals surface area contributed by atoms with Gasteiger partial charge in [0.2, 0.25) is 0 Å². The Morgan fingerprint density at radius 2 is 0.758 bits per heavy atom. The maximum absolute atomic E-state index is 4.11. The summed E-state index contributed by atoms with van der Waals surface area (Å²) in [6, 6.07) is 33.1. The van der Waals surface area contributed by atoms with E-state index in [-0.39, 0.29) is 0 Å². The van der Waals surface area contributed by atoms with Gasteiger partial charge in [0.15, 0.2) is 0 Å². The van der Waals surface area contributed by atoms with Crippen LogP contribution >= 0.6 is 0 Å². The molecule has 0 aromatic heterocycles. The molecule has 0 N–H and O–H groups in total. The van der Waals surface area contributed by atoms with Gasteiger partial charge in [-0.25, -0.2) is 0 Å². The van der Waals surface area contributed by atoms with Gasteiger partial charge in [-0.1, -0.05) is 212 Å². The van der Waals surface area contributed by atoms with Gasteiger partial charge >= 0.3 is 0 Å². The van der Waals surface area contributed by atoms with Crippen LogP contribution in [0.25, 0.3) is 54.2 Å². The molecular weight excluding hydrogens is 777 g/mol. The summed E-state index contributed by atoms with van der Waals surface area (Å²) in [5, 5.41) is 10.9. The molecule has 0 aliphatic carbocycles. The highest BCUT2D eigenvalue weighted by molar-refractivity contribution is 6.90. The Balaban J connectivity index is 1.62. The minimum Gasteiger partial charge on any atom is -0.127 e. The van der Waals surface area contributed by atoms with Crippen LogP contribution in [-0.4, -0.2) is 16.1 Å². The Morgan fingerprint density at radius 1 is 0.403 bits per heavy atom. The Kier molecular flexibility index (Phi) is 16.5. The van der Waals surface area contributed by atoms with Crippen LogP contribution in [0.15, 0.2) is 84.9 Å². The van der Waals surface area contributed by atoms with Crippen LogP contribution in [0.4, 0.5) is 0 Å². The lowest BCUT2D eigenvalue weighted by Gasteiger charge is -2.38. The van der Waals surface area contributed by atoms with E-state index < -0.39 is 16.1 Å². The molecule has 0 unspecified atom stereocenters. The largest absolute Gasteiger partial charge is 0.146 e. The van der Waals surface area contributed by atoms with E-state index in [2.05, 4.69) is 183 Å². The fraction of sp³-hybridized carbons (Fsp3) is 0.467. The molecule has 0 spiro atoms. The quantitative estimate of drug-likeness (QED) is 0.0350. The zero-order valence-corrected chi connectivity index (χ0v) is 42.7. The van der Waals surface area contributed by atoms with Crippen molar-refractivity contribution < 1.29 is 0 Å². The first-order valence-corrected chi connectivity index (χ1v) is 30.6. The number of rotatable bonds is 18. The molecule has 0 saturated heterocycles. The van der Waals surface area contributed by atoms with E-state index in [9.17, 15) is 0 Å². The van der Waals surface area contributed by atoms with E-state index in [0.29, 0.717) is 16.6 Å². The van der Waals surface area contributed by atoms with Crippen molar-refractivity contribution in [1.29, 1.82) is 0 Å². The SMILES string of the molecule is CCCCCCCCc1c2cccc(C#C[Si](C)(C)C)c2cc2c(-c3cccc4c(CCCCCCCC)c5cccc(C#C[Si](C(C)C)(C(C)C)C(C)C)c5cc34)cccc12. The third-order valence-corrected chi connectivity index (χ3v) is 21.2. The summed E-state index contributed by atoms with van der Waals surface area (Å²) in [5.74, 6) is 7.65. The molecule has 326 valence electrons. The number of hydrogen-bond acceptors (Lipinski definition) is 0. The van der Waals surface area contributed by atoms with E-state index in [1.165, 1.54) is 154 Å². The van der Waals surface area contributed by atoms with Gasteiger partial charge in [0.05, 0.1) is 0 Å². The van der Waals surface area contributed by atoms with E-state index in [1.54, 1.807) is 0 Å². The van der Waals surface area contributed by atoms with Crippen LogP contribution in [0.3, 0.4) is 0 Å². The number of unbranched alkanes of at least 4 members (excludes halogenated alkanes) is 10. The van der Waals surface area contributed by atoms with Crippen molar-refractivity contribution in [3.05, 3.63) is 107 Å². The topological polar surface area (TPSA) is 0 Å². The second-order valence-electron chi connectivity index (χ2n) is 20.5. The van der Waals surface area contributed by atoms with Gasteiger partial charge in [0.1, 0.15) is 16.1 Å². The predicted molar refractivity (Wildman–Crippen MR) is 284 cm³/mol. The van der Waals surface area contributed by atoms with Crippen LogP contribution < -0.4 is 0 Å². The van der Waals surface area contributed by atoms with E-state index in [0.717, 1.165) is 12.8 Å². The van der Waals surface area contributed by atoms with Crippen molar-refractivity contribution in [2.75, 3.05) is 0 Å². The van der Waals surface area contributed by atoms with Crippen molar-refractivity contribution in [3.8, 4) is 34.1 Å². The lowest BCUT2D eigenvalue weighted by molar-refractivity contribution is 0.609. The molecule has 62 heavy (non-hydrogen) atoms. The van der Waals surface area contributed by atoms with E-state index in [1.807, 2.05) is 0 Å². The molecule has 0 heterocycles. The van der Waals surface area contributed by atoms with Gasteiger partial charge in [-0.2, -0.15) is 0 Å². The summed E-state index contributed by atoms with van der Waals surface area (Å²) in [7, 11) is -3.51. The summed E-state index contributed by atoms with van der Waals surface area (Å²) >= 11 is 0. The maximum atomic E-state index is 4.11. The average molecular weight is 855 g/mol. The van der Waals surface area contributed by atoms with Crippen molar-refractivity contribution in [3.63, 3.8) is 0 Å². The molecule has 6 aromatic carbocycles. The van der Waals surface area contributed by atoms with Gasteiger partial charge in [0, 0.05) is 11.1 Å². The first-order valence-electron chi connectivity index (χ1n) is 24.8. The Bertz CT molecular complexity index is 2570. The molecule has 0 aliphatic heterocycles. The number of fused-ring (bicyclic) bond motifs is 4. The van der Waals surface area contributed by atoms with Crippen molar-refractivity contribution in [1.82, 2.24) is 0 Å². The summed E-state index contributed by atoms with van der Waals surface area (Å²) < 4.78 is 0. The Morgan fingerprint density at radius 3 is 1.15 bits per heavy atom. The molecular formula is C60H78Si2. The Labute approximate surface area is 380 Å². The fourth-order valence-corrected chi connectivity index (χ4v) is 16.5. The number of benzene rings is 6. The minimum atomic E-state index is -1.93. The second-order valence-corrected chi connectivity index (χ2v) is 30.8. The Hall–Kier alpha value is -4.09. The number of hydrogen-bond donors (Lipinski definition) is 0. The first-order chi connectivity index (χ1) is 29.8. The van der Waals surface area contributed by atoms with Crippen molar-refractivity contribution in [2.45, 2.75) is 182 Å². The van der Waals surface area contributed by atoms with Crippen LogP contribution in [0, 0.1) is 22.9 Å². The molecule has 6 rings (SSSR count). The first kappa shape index (κ1) is 47.4. The smallest absolute Gasteiger partial charge is 0.127 e.